The molecule has 2 rings (SSSR count). The Morgan fingerprint density at radius 2 is 2.22 bits per heavy atom. The molecule has 0 bridgehead atoms. The SMILES string of the molecule is Nc1ccc(=O)n(CC(=O)OCc2ccsc2)c1. The maximum atomic E-state index is 11.6. The smallest absolute Gasteiger partial charge is 0.326 e. The molecule has 5 nitrogen and oxygen atoms in total. The van der Waals surface area contributed by atoms with E-state index in [1.54, 1.807) is 0 Å². The Morgan fingerprint density at radius 1 is 1.39 bits per heavy atom. The number of hydrogen-bond donors (Lipinski definition) is 1. The lowest BCUT2D eigenvalue weighted by Gasteiger charge is -2.06. The van der Waals surface area contributed by atoms with Gasteiger partial charge in [-0.05, 0) is 22.9 Å². The van der Waals surface area contributed by atoms with Crippen molar-refractivity contribution in [3.05, 3.63) is 51.1 Å². The highest BCUT2D eigenvalue weighted by molar-refractivity contribution is 7.07. The summed E-state index contributed by atoms with van der Waals surface area (Å²) in [5.74, 6) is -0.464. The Bertz CT molecular complexity index is 590. The minimum Gasteiger partial charge on any atom is -0.459 e. The number of thiophene rings is 1. The summed E-state index contributed by atoms with van der Waals surface area (Å²) < 4.78 is 6.28. The summed E-state index contributed by atoms with van der Waals surface area (Å²) in [6.45, 7) is 0.0907. The van der Waals surface area contributed by atoms with Crippen LogP contribution in [0.4, 0.5) is 5.69 Å². The van der Waals surface area contributed by atoms with Gasteiger partial charge in [-0.2, -0.15) is 11.3 Å². The predicted octanol–water partition coefficient (Wildman–Crippen LogP) is 1.24. The molecule has 18 heavy (non-hydrogen) atoms. The van der Waals surface area contributed by atoms with Crippen molar-refractivity contribution in [2.24, 2.45) is 0 Å². The summed E-state index contributed by atoms with van der Waals surface area (Å²) >= 11 is 1.54. The normalized spacial score (nSPS) is 10.2. The predicted molar refractivity (Wildman–Crippen MR) is 69.2 cm³/mol. The third-order valence-corrected chi connectivity index (χ3v) is 3.02. The molecule has 0 spiro atoms. The van der Waals surface area contributed by atoms with Crippen molar-refractivity contribution in [1.29, 1.82) is 0 Å². The first kappa shape index (κ1) is 12.4. The van der Waals surface area contributed by atoms with Gasteiger partial charge in [0.2, 0.25) is 0 Å². The van der Waals surface area contributed by atoms with E-state index >= 15 is 0 Å². The molecule has 0 unspecified atom stereocenters. The van der Waals surface area contributed by atoms with Gasteiger partial charge in [-0.25, -0.2) is 0 Å². The van der Waals surface area contributed by atoms with Crippen LogP contribution in [0, 0.1) is 0 Å². The minimum atomic E-state index is -0.464. The van der Waals surface area contributed by atoms with Crippen LogP contribution in [0.15, 0.2) is 40.0 Å². The molecule has 0 saturated carbocycles. The van der Waals surface area contributed by atoms with E-state index < -0.39 is 5.97 Å². The van der Waals surface area contributed by atoms with Crippen molar-refractivity contribution in [3.63, 3.8) is 0 Å². The number of hydrogen-bond acceptors (Lipinski definition) is 5. The molecule has 2 aromatic rings. The average Bonchev–Trinajstić information content (AvgIpc) is 2.84. The summed E-state index contributed by atoms with van der Waals surface area (Å²) in [4.78, 5) is 23.0. The van der Waals surface area contributed by atoms with Crippen LogP contribution >= 0.6 is 11.3 Å². The van der Waals surface area contributed by atoms with E-state index in [1.807, 2.05) is 16.8 Å². The van der Waals surface area contributed by atoms with Gasteiger partial charge in [-0.15, -0.1) is 0 Å². The molecular formula is C12H12N2O3S. The van der Waals surface area contributed by atoms with E-state index in [0.717, 1.165) is 5.56 Å². The van der Waals surface area contributed by atoms with Crippen molar-refractivity contribution >= 4 is 23.0 Å². The number of anilines is 1. The largest absolute Gasteiger partial charge is 0.459 e. The van der Waals surface area contributed by atoms with Crippen molar-refractivity contribution in [1.82, 2.24) is 4.57 Å². The van der Waals surface area contributed by atoms with Gasteiger partial charge in [0.05, 0.1) is 0 Å². The van der Waals surface area contributed by atoms with Crippen LogP contribution in [0.1, 0.15) is 5.56 Å². The Hall–Kier alpha value is -2.08. The maximum absolute atomic E-state index is 11.6. The molecule has 0 saturated heterocycles. The number of aromatic nitrogens is 1. The molecule has 2 aromatic heterocycles. The van der Waals surface area contributed by atoms with Crippen LogP contribution < -0.4 is 11.3 Å². The number of pyridine rings is 1. The van der Waals surface area contributed by atoms with Gasteiger partial charge in [0.15, 0.2) is 0 Å². The van der Waals surface area contributed by atoms with Crippen molar-refractivity contribution in [2.75, 3.05) is 5.73 Å². The zero-order chi connectivity index (χ0) is 13.0. The van der Waals surface area contributed by atoms with Gasteiger partial charge >= 0.3 is 5.97 Å². The first-order chi connectivity index (χ1) is 8.65. The number of carbonyl (C=O) groups excluding carboxylic acids is 1. The maximum Gasteiger partial charge on any atom is 0.326 e. The molecule has 0 aliphatic heterocycles. The number of esters is 1. The standard InChI is InChI=1S/C12H12N2O3S/c13-10-1-2-11(15)14(5-10)6-12(16)17-7-9-3-4-18-8-9/h1-5,8H,6-7,13H2. The zero-order valence-corrected chi connectivity index (χ0v) is 10.4. The Balaban J connectivity index is 1.95. The van der Waals surface area contributed by atoms with Crippen LogP contribution in [0.5, 0.6) is 0 Å². The van der Waals surface area contributed by atoms with Crippen LogP contribution in [-0.2, 0) is 22.7 Å². The average molecular weight is 264 g/mol. The third kappa shape index (κ3) is 3.21. The third-order valence-electron chi connectivity index (χ3n) is 2.29. The lowest BCUT2D eigenvalue weighted by Crippen LogP contribution is -2.24. The van der Waals surface area contributed by atoms with Crippen LogP contribution in [-0.4, -0.2) is 10.5 Å². The van der Waals surface area contributed by atoms with Crippen LogP contribution in [0.3, 0.4) is 0 Å². The second kappa shape index (κ2) is 5.50. The number of ether oxygens (including phenoxy) is 1. The molecule has 0 radical (unpaired) electrons. The van der Waals surface area contributed by atoms with E-state index in [1.165, 1.54) is 34.2 Å². The number of rotatable bonds is 4. The fraction of sp³-hybridized carbons (Fsp3) is 0.167. The lowest BCUT2D eigenvalue weighted by molar-refractivity contribution is -0.145. The highest BCUT2D eigenvalue weighted by atomic mass is 32.1. The van der Waals surface area contributed by atoms with Gasteiger partial charge < -0.3 is 15.0 Å². The fourth-order valence-electron chi connectivity index (χ4n) is 1.40. The second-order valence-electron chi connectivity index (χ2n) is 3.72. The van der Waals surface area contributed by atoms with Gasteiger partial charge in [0, 0.05) is 23.5 Å². The lowest BCUT2D eigenvalue weighted by atomic mass is 10.4. The molecule has 0 aromatic carbocycles. The molecule has 2 N–H and O–H groups in total. The van der Waals surface area contributed by atoms with Crippen LogP contribution in [0.25, 0.3) is 0 Å². The monoisotopic (exact) mass is 264 g/mol. The molecule has 0 atom stereocenters. The summed E-state index contributed by atoms with van der Waals surface area (Å²) in [6.07, 6.45) is 1.42. The number of nitrogens with two attached hydrogens (primary N) is 1. The molecule has 2 heterocycles. The number of carbonyl (C=O) groups is 1. The molecular weight excluding hydrogens is 252 g/mol. The first-order valence-corrected chi connectivity index (χ1v) is 6.22. The first-order valence-electron chi connectivity index (χ1n) is 5.28. The topological polar surface area (TPSA) is 74.3 Å². The number of nitrogen functional groups attached to an aromatic ring is 1. The minimum absolute atomic E-state index is 0.131. The quantitative estimate of drug-likeness (QED) is 0.843. The van der Waals surface area contributed by atoms with E-state index in [0.29, 0.717) is 5.69 Å². The van der Waals surface area contributed by atoms with E-state index in [4.69, 9.17) is 10.5 Å². The number of nitrogens with zero attached hydrogens (tertiary/aromatic N) is 1. The molecule has 6 heteroatoms. The van der Waals surface area contributed by atoms with E-state index in [9.17, 15) is 9.59 Å². The van der Waals surface area contributed by atoms with Crippen molar-refractivity contribution in [3.8, 4) is 0 Å². The van der Waals surface area contributed by atoms with Gasteiger partial charge in [-0.3, -0.25) is 9.59 Å². The fourth-order valence-corrected chi connectivity index (χ4v) is 2.05. The van der Waals surface area contributed by atoms with Crippen molar-refractivity contribution < 1.29 is 9.53 Å². The molecule has 0 aliphatic rings. The van der Waals surface area contributed by atoms with E-state index in [2.05, 4.69) is 0 Å². The Labute approximate surface area is 107 Å². The van der Waals surface area contributed by atoms with Crippen LogP contribution in [0.2, 0.25) is 0 Å². The summed E-state index contributed by atoms with van der Waals surface area (Å²) in [5.41, 5.74) is 6.63. The van der Waals surface area contributed by atoms with E-state index in [-0.39, 0.29) is 18.7 Å². The Morgan fingerprint density at radius 3 is 2.94 bits per heavy atom. The van der Waals surface area contributed by atoms with Crippen molar-refractivity contribution in [2.45, 2.75) is 13.2 Å². The molecule has 94 valence electrons. The summed E-state index contributed by atoms with van der Waals surface area (Å²) in [5, 5.41) is 3.81. The molecule has 0 aliphatic carbocycles. The highest BCUT2D eigenvalue weighted by Crippen LogP contribution is 2.07. The molecule has 0 fully saturated rings. The second-order valence-corrected chi connectivity index (χ2v) is 4.50. The Kier molecular flexibility index (Phi) is 3.78. The highest BCUT2D eigenvalue weighted by Gasteiger charge is 2.06. The summed E-state index contributed by atoms with van der Waals surface area (Å²) in [7, 11) is 0. The van der Waals surface area contributed by atoms with Gasteiger partial charge in [0.25, 0.3) is 5.56 Å². The molecule has 0 amide bonds. The van der Waals surface area contributed by atoms with Gasteiger partial charge in [-0.1, -0.05) is 0 Å². The van der Waals surface area contributed by atoms with Gasteiger partial charge in [0.1, 0.15) is 13.2 Å². The zero-order valence-electron chi connectivity index (χ0n) is 9.54. The summed E-state index contributed by atoms with van der Waals surface area (Å²) in [6, 6.07) is 4.70.